The van der Waals surface area contributed by atoms with Crippen LogP contribution in [0.5, 0.6) is 0 Å². The van der Waals surface area contributed by atoms with Gasteiger partial charge in [-0.2, -0.15) is 0 Å². The molecule has 0 aliphatic heterocycles. The van der Waals surface area contributed by atoms with Crippen LogP contribution in [0, 0.1) is 0 Å². The van der Waals surface area contributed by atoms with Gasteiger partial charge in [0, 0.05) is 37.1 Å². The number of hydrogen-bond acceptors (Lipinski definition) is 4. The lowest BCUT2D eigenvalue weighted by Crippen LogP contribution is -2.23. The molecule has 2 N–H and O–H groups in total. The summed E-state index contributed by atoms with van der Waals surface area (Å²) in [6.45, 7) is 3.83. The van der Waals surface area contributed by atoms with Gasteiger partial charge in [-0.05, 0) is 48.9 Å². The molecule has 1 aromatic carbocycles. The van der Waals surface area contributed by atoms with Crippen LogP contribution in [-0.4, -0.2) is 16.5 Å². The number of anilines is 2. The van der Waals surface area contributed by atoms with E-state index in [0.29, 0.717) is 0 Å². The topological polar surface area (TPSA) is 55.0 Å². The molecule has 3 rings (SSSR count). The average Bonchev–Trinajstić information content (AvgIpc) is 2.55. The van der Waals surface area contributed by atoms with Crippen molar-refractivity contribution >= 4 is 22.3 Å². The van der Waals surface area contributed by atoms with Crippen LogP contribution in [0.4, 0.5) is 11.4 Å². The van der Waals surface area contributed by atoms with E-state index >= 15 is 0 Å². The van der Waals surface area contributed by atoms with Crippen LogP contribution >= 0.6 is 0 Å². The Morgan fingerprint density at radius 2 is 1.86 bits per heavy atom. The molecule has 0 aliphatic carbocycles. The highest BCUT2D eigenvalue weighted by Crippen LogP contribution is 2.31. The van der Waals surface area contributed by atoms with Crippen molar-refractivity contribution in [3.63, 3.8) is 0 Å². The van der Waals surface area contributed by atoms with Crippen LogP contribution in [0.15, 0.2) is 55.0 Å². The first kappa shape index (κ1) is 13.4. The zero-order valence-electron chi connectivity index (χ0n) is 12.0. The molecular weight excluding hydrogens is 260 g/mol. The largest absolute Gasteiger partial charge is 0.396 e. The summed E-state index contributed by atoms with van der Waals surface area (Å²) < 4.78 is 0. The highest BCUT2D eigenvalue weighted by Gasteiger charge is 2.11. The van der Waals surface area contributed by atoms with Crippen LogP contribution in [0.25, 0.3) is 10.9 Å². The molecule has 2 heterocycles. The van der Waals surface area contributed by atoms with Gasteiger partial charge in [0.05, 0.1) is 16.9 Å². The number of aromatic nitrogens is 2. The van der Waals surface area contributed by atoms with Crippen molar-refractivity contribution in [1.82, 2.24) is 9.97 Å². The fourth-order valence-electron chi connectivity index (χ4n) is 2.52. The Balaban J connectivity index is 1.99. The smallest absolute Gasteiger partial charge is 0.0724 e. The van der Waals surface area contributed by atoms with Gasteiger partial charge < -0.3 is 10.6 Å². The fraction of sp³-hybridized carbons (Fsp3) is 0.176. The van der Waals surface area contributed by atoms with Crippen LogP contribution in [0.2, 0.25) is 0 Å². The molecule has 4 nitrogen and oxygen atoms in total. The Morgan fingerprint density at radius 1 is 1.05 bits per heavy atom. The Bertz CT molecular complexity index is 740. The second-order valence-corrected chi connectivity index (χ2v) is 4.94. The molecule has 0 amide bonds. The normalized spacial score (nSPS) is 10.7. The minimum Gasteiger partial charge on any atom is -0.396 e. The van der Waals surface area contributed by atoms with Gasteiger partial charge in [0.25, 0.3) is 0 Å². The molecule has 0 spiro atoms. The zero-order valence-corrected chi connectivity index (χ0v) is 12.0. The molecule has 0 fully saturated rings. The van der Waals surface area contributed by atoms with Crippen LogP contribution in [-0.2, 0) is 6.54 Å². The Hall–Kier alpha value is -2.62. The fourth-order valence-corrected chi connectivity index (χ4v) is 2.52. The van der Waals surface area contributed by atoms with Gasteiger partial charge in [0.2, 0.25) is 0 Å². The first-order chi connectivity index (χ1) is 10.3. The number of benzene rings is 1. The standard InChI is InChI=1S/C17H18N4/c1-2-21(12-13-7-10-19-11-8-13)16-6-5-15-14(17(16)18)4-3-9-20-15/h3-11H,2,12,18H2,1H3. The Kier molecular flexibility index (Phi) is 3.69. The molecule has 106 valence electrons. The van der Waals surface area contributed by atoms with E-state index in [-0.39, 0.29) is 0 Å². The summed E-state index contributed by atoms with van der Waals surface area (Å²) in [5.74, 6) is 0. The summed E-state index contributed by atoms with van der Waals surface area (Å²) in [6, 6.07) is 12.1. The highest BCUT2D eigenvalue weighted by atomic mass is 15.1. The van der Waals surface area contributed by atoms with Crippen LogP contribution in [0.1, 0.15) is 12.5 Å². The summed E-state index contributed by atoms with van der Waals surface area (Å²) in [7, 11) is 0. The molecule has 0 bridgehead atoms. The van der Waals surface area contributed by atoms with Crippen molar-refractivity contribution in [2.45, 2.75) is 13.5 Å². The molecule has 0 aliphatic rings. The lowest BCUT2D eigenvalue weighted by molar-refractivity contribution is 0.832. The lowest BCUT2D eigenvalue weighted by Gasteiger charge is -2.25. The second kappa shape index (κ2) is 5.79. The van der Waals surface area contributed by atoms with Gasteiger partial charge in [-0.1, -0.05) is 0 Å². The molecule has 0 radical (unpaired) electrons. The molecule has 2 aromatic heterocycles. The van der Waals surface area contributed by atoms with Gasteiger partial charge in [-0.25, -0.2) is 0 Å². The average molecular weight is 278 g/mol. The number of hydrogen-bond donors (Lipinski definition) is 1. The Morgan fingerprint density at radius 3 is 2.62 bits per heavy atom. The number of pyridine rings is 2. The van der Waals surface area contributed by atoms with E-state index in [1.54, 1.807) is 6.20 Å². The van der Waals surface area contributed by atoms with Gasteiger partial charge in [0.1, 0.15) is 0 Å². The first-order valence-electron chi connectivity index (χ1n) is 7.06. The summed E-state index contributed by atoms with van der Waals surface area (Å²) in [5, 5.41) is 1.00. The predicted molar refractivity (Wildman–Crippen MR) is 87.1 cm³/mol. The third-order valence-electron chi connectivity index (χ3n) is 3.65. The van der Waals surface area contributed by atoms with Crippen LogP contribution < -0.4 is 10.6 Å². The maximum atomic E-state index is 6.36. The zero-order chi connectivity index (χ0) is 14.7. The van der Waals surface area contributed by atoms with Crippen molar-refractivity contribution in [3.8, 4) is 0 Å². The predicted octanol–water partition coefficient (Wildman–Crippen LogP) is 3.24. The number of nitrogen functional groups attached to an aromatic ring is 1. The molecule has 4 heteroatoms. The first-order valence-corrected chi connectivity index (χ1v) is 7.06. The summed E-state index contributed by atoms with van der Waals surface area (Å²) in [6.07, 6.45) is 5.42. The third-order valence-corrected chi connectivity index (χ3v) is 3.65. The maximum absolute atomic E-state index is 6.36. The van der Waals surface area contributed by atoms with Crippen molar-refractivity contribution in [1.29, 1.82) is 0 Å². The van der Waals surface area contributed by atoms with E-state index in [0.717, 1.165) is 35.4 Å². The summed E-state index contributed by atoms with van der Waals surface area (Å²) in [5.41, 5.74) is 10.3. The number of fused-ring (bicyclic) bond motifs is 1. The maximum Gasteiger partial charge on any atom is 0.0724 e. The summed E-state index contributed by atoms with van der Waals surface area (Å²) in [4.78, 5) is 10.7. The van der Waals surface area contributed by atoms with Crippen molar-refractivity contribution in [2.75, 3.05) is 17.2 Å². The molecule has 21 heavy (non-hydrogen) atoms. The molecule has 0 saturated carbocycles. The summed E-state index contributed by atoms with van der Waals surface area (Å²) >= 11 is 0. The number of nitrogens with two attached hydrogens (primary N) is 1. The number of nitrogens with zero attached hydrogens (tertiary/aromatic N) is 3. The van der Waals surface area contributed by atoms with Gasteiger partial charge >= 0.3 is 0 Å². The van der Waals surface area contributed by atoms with Crippen molar-refractivity contribution < 1.29 is 0 Å². The minimum atomic E-state index is 0.788. The number of rotatable bonds is 4. The minimum absolute atomic E-state index is 0.788. The second-order valence-electron chi connectivity index (χ2n) is 4.94. The molecular formula is C17H18N4. The van der Waals surface area contributed by atoms with E-state index in [9.17, 15) is 0 Å². The van der Waals surface area contributed by atoms with Crippen molar-refractivity contribution in [3.05, 3.63) is 60.6 Å². The molecule has 0 atom stereocenters. The molecule has 0 unspecified atom stereocenters. The van der Waals surface area contributed by atoms with Gasteiger partial charge in [0.15, 0.2) is 0 Å². The van der Waals surface area contributed by atoms with E-state index in [4.69, 9.17) is 5.73 Å². The lowest BCUT2D eigenvalue weighted by atomic mass is 10.1. The van der Waals surface area contributed by atoms with E-state index in [1.807, 2.05) is 42.7 Å². The van der Waals surface area contributed by atoms with Crippen LogP contribution in [0.3, 0.4) is 0 Å². The quantitative estimate of drug-likeness (QED) is 0.744. The third kappa shape index (κ3) is 2.65. The van der Waals surface area contributed by atoms with E-state index in [2.05, 4.69) is 27.9 Å². The van der Waals surface area contributed by atoms with Gasteiger partial charge in [-0.3, -0.25) is 9.97 Å². The van der Waals surface area contributed by atoms with Crippen molar-refractivity contribution in [2.24, 2.45) is 0 Å². The molecule has 3 aromatic rings. The Labute approximate surface area is 124 Å². The SMILES string of the molecule is CCN(Cc1ccncc1)c1ccc2ncccc2c1N. The van der Waals surface area contributed by atoms with Gasteiger partial charge in [-0.15, -0.1) is 0 Å². The highest BCUT2D eigenvalue weighted by molar-refractivity contribution is 5.97. The molecule has 0 saturated heterocycles. The monoisotopic (exact) mass is 278 g/mol. The van der Waals surface area contributed by atoms with E-state index in [1.165, 1.54) is 5.56 Å². The van der Waals surface area contributed by atoms with E-state index < -0.39 is 0 Å².